The first kappa shape index (κ1) is 13.6. The summed E-state index contributed by atoms with van der Waals surface area (Å²) in [4.78, 5) is 13.1. The molecular formula is C12H16ClNO3. The van der Waals surface area contributed by atoms with Crippen LogP contribution in [0.5, 0.6) is 11.5 Å². The Labute approximate surface area is 106 Å². The summed E-state index contributed by atoms with van der Waals surface area (Å²) < 4.78 is 4.94. The molecule has 0 heterocycles. The largest absolute Gasteiger partial charge is 0.504 e. The van der Waals surface area contributed by atoms with Crippen LogP contribution >= 0.6 is 11.6 Å². The summed E-state index contributed by atoms with van der Waals surface area (Å²) >= 11 is 5.50. The normalized spacial score (nSPS) is 10.1. The molecule has 0 unspecified atom stereocenters. The molecule has 1 N–H and O–H groups in total. The second-order valence-corrected chi connectivity index (χ2v) is 4.07. The molecule has 1 amide bonds. The Bertz CT molecular complexity index is 395. The molecule has 0 radical (unpaired) electrons. The molecule has 0 aliphatic heterocycles. The smallest absolute Gasteiger partial charge is 0.223 e. The maximum atomic E-state index is 11.5. The lowest BCUT2D eigenvalue weighted by Crippen LogP contribution is -2.26. The topological polar surface area (TPSA) is 49.8 Å². The first-order chi connectivity index (χ1) is 8.08. The van der Waals surface area contributed by atoms with E-state index >= 15 is 0 Å². The third-order valence-corrected chi connectivity index (χ3v) is 2.59. The fourth-order valence-corrected chi connectivity index (χ4v) is 1.63. The van der Waals surface area contributed by atoms with Crippen LogP contribution in [0, 0.1) is 0 Å². The van der Waals surface area contributed by atoms with E-state index < -0.39 is 0 Å². The second-order valence-electron chi connectivity index (χ2n) is 3.69. The summed E-state index contributed by atoms with van der Waals surface area (Å²) in [5, 5.41) is 9.60. The number of benzene rings is 1. The predicted octanol–water partition coefficient (Wildman–Crippen LogP) is 1.99. The van der Waals surface area contributed by atoms with Crippen LogP contribution in [0.3, 0.4) is 0 Å². The number of nitrogens with zero attached hydrogens (tertiary/aromatic N) is 1. The van der Waals surface area contributed by atoms with Crippen LogP contribution in [-0.2, 0) is 11.3 Å². The van der Waals surface area contributed by atoms with Gasteiger partial charge in [0.05, 0.1) is 7.11 Å². The molecule has 1 aromatic rings. The Morgan fingerprint density at radius 2 is 2.24 bits per heavy atom. The van der Waals surface area contributed by atoms with Crippen molar-refractivity contribution in [2.45, 2.75) is 13.0 Å². The number of hydrogen-bond donors (Lipinski definition) is 1. The number of ether oxygens (including phenoxy) is 1. The second kappa shape index (κ2) is 6.35. The van der Waals surface area contributed by atoms with E-state index in [0.29, 0.717) is 24.6 Å². The number of alkyl halides is 1. The number of phenolic OH excluding ortho intramolecular Hbond substituents is 1. The SMILES string of the molecule is COc1ccc(CN(C)C(=O)CCCl)cc1O. The minimum Gasteiger partial charge on any atom is -0.504 e. The summed E-state index contributed by atoms with van der Waals surface area (Å²) in [6.45, 7) is 0.438. The van der Waals surface area contributed by atoms with Crippen molar-refractivity contribution in [1.29, 1.82) is 0 Å². The van der Waals surface area contributed by atoms with Crippen LogP contribution in [0.25, 0.3) is 0 Å². The quantitative estimate of drug-likeness (QED) is 0.821. The fourth-order valence-electron chi connectivity index (χ4n) is 1.47. The summed E-state index contributed by atoms with van der Waals surface area (Å²) in [6, 6.07) is 5.07. The van der Waals surface area contributed by atoms with Crippen LogP contribution in [0.15, 0.2) is 18.2 Å². The van der Waals surface area contributed by atoms with Gasteiger partial charge in [-0.05, 0) is 17.7 Å². The molecule has 4 nitrogen and oxygen atoms in total. The molecule has 0 bridgehead atoms. The van der Waals surface area contributed by atoms with Gasteiger partial charge in [-0.1, -0.05) is 6.07 Å². The van der Waals surface area contributed by atoms with Gasteiger partial charge < -0.3 is 14.7 Å². The van der Waals surface area contributed by atoms with Crippen molar-refractivity contribution < 1.29 is 14.6 Å². The number of phenols is 1. The molecule has 0 aromatic heterocycles. The zero-order valence-corrected chi connectivity index (χ0v) is 10.7. The average Bonchev–Trinajstić information content (AvgIpc) is 2.29. The molecule has 1 rings (SSSR count). The summed E-state index contributed by atoms with van der Waals surface area (Å²) in [6.07, 6.45) is 0.320. The van der Waals surface area contributed by atoms with E-state index in [1.807, 2.05) is 6.07 Å². The molecule has 0 saturated carbocycles. The Hall–Kier alpha value is -1.42. The molecule has 0 atom stereocenters. The highest BCUT2D eigenvalue weighted by molar-refractivity contribution is 6.18. The van der Waals surface area contributed by atoms with Crippen LogP contribution in [0.4, 0.5) is 0 Å². The Balaban J connectivity index is 2.68. The van der Waals surface area contributed by atoms with E-state index in [2.05, 4.69) is 0 Å². The van der Waals surface area contributed by atoms with Gasteiger partial charge >= 0.3 is 0 Å². The Morgan fingerprint density at radius 1 is 1.53 bits per heavy atom. The molecule has 1 aromatic carbocycles. The molecule has 0 aliphatic rings. The van der Waals surface area contributed by atoms with E-state index in [1.54, 1.807) is 24.1 Å². The van der Waals surface area contributed by atoms with Crippen LogP contribution in [0.1, 0.15) is 12.0 Å². The Kier molecular flexibility index (Phi) is 5.10. The molecule has 5 heteroatoms. The zero-order valence-electron chi connectivity index (χ0n) is 9.94. The van der Waals surface area contributed by atoms with Crippen molar-refractivity contribution in [3.63, 3.8) is 0 Å². The number of methoxy groups -OCH3 is 1. The van der Waals surface area contributed by atoms with Crippen molar-refractivity contribution in [3.05, 3.63) is 23.8 Å². The standard InChI is InChI=1S/C12H16ClNO3/c1-14(12(16)5-6-13)8-9-3-4-11(17-2)10(15)7-9/h3-4,7,15H,5-6,8H2,1-2H3. The van der Waals surface area contributed by atoms with Crippen molar-refractivity contribution in [2.24, 2.45) is 0 Å². The molecule has 0 spiro atoms. The molecule has 17 heavy (non-hydrogen) atoms. The van der Waals surface area contributed by atoms with Crippen molar-refractivity contribution in [2.75, 3.05) is 20.0 Å². The van der Waals surface area contributed by atoms with Gasteiger partial charge in [-0.3, -0.25) is 4.79 Å². The summed E-state index contributed by atoms with van der Waals surface area (Å²) in [5.74, 6) is 0.791. The zero-order chi connectivity index (χ0) is 12.8. The van der Waals surface area contributed by atoms with Crippen molar-refractivity contribution in [1.82, 2.24) is 4.90 Å². The number of rotatable bonds is 5. The molecule has 0 aliphatic carbocycles. The molecule has 94 valence electrons. The average molecular weight is 258 g/mol. The van der Waals surface area contributed by atoms with Crippen LogP contribution < -0.4 is 4.74 Å². The Morgan fingerprint density at radius 3 is 2.76 bits per heavy atom. The molecule has 0 saturated heterocycles. The minimum absolute atomic E-state index is 0.0182. The lowest BCUT2D eigenvalue weighted by Gasteiger charge is -2.17. The van der Waals surface area contributed by atoms with Crippen molar-refractivity contribution in [3.8, 4) is 11.5 Å². The van der Waals surface area contributed by atoms with E-state index in [9.17, 15) is 9.90 Å². The lowest BCUT2D eigenvalue weighted by atomic mass is 10.2. The maximum absolute atomic E-state index is 11.5. The predicted molar refractivity (Wildman–Crippen MR) is 66.5 cm³/mol. The van der Waals surface area contributed by atoms with Crippen LogP contribution in [0.2, 0.25) is 0 Å². The fraction of sp³-hybridized carbons (Fsp3) is 0.417. The lowest BCUT2D eigenvalue weighted by molar-refractivity contribution is -0.129. The van der Waals surface area contributed by atoms with E-state index in [0.717, 1.165) is 5.56 Å². The van der Waals surface area contributed by atoms with Gasteiger partial charge in [0, 0.05) is 25.9 Å². The molecular weight excluding hydrogens is 242 g/mol. The van der Waals surface area contributed by atoms with Gasteiger partial charge in [0.2, 0.25) is 5.91 Å². The van der Waals surface area contributed by atoms with Gasteiger partial charge in [0.15, 0.2) is 11.5 Å². The summed E-state index contributed by atoms with van der Waals surface area (Å²) in [5.41, 5.74) is 0.841. The highest BCUT2D eigenvalue weighted by Crippen LogP contribution is 2.26. The van der Waals surface area contributed by atoms with Gasteiger partial charge in [-0.2, -0.15) is 0 Å². The van der Waals surface area contributed by atoms with E-state index in [1.165, 1.54) is 7.11 Å². The van der Waals surface area contributed by atoms with Crippen molar-refractivity contribution >= 4 is 17.5 Å². The first-order valence-electron chi connectivity index (χ1n) is 5.24. The van der Waals surface area contributed by atoms with Gasteiger partial charge in [0.25, 0.3) is 0 Å². The summed E-state index contributed by atoms with van der Waals surface area (Å²) in [7, 11) is 3.20. The number of aromatic hydroxyl groups is 1. The van der Waals surface area contributed by atoms with E-state index in [4.69, 9.17) is 16.3 Å². The third-order valence-electron chi connectivity index (χ3n) is 2.40. The number of hydrogen-bond acceptors (Lipinski definition) is 3. The molecule has 0 fully saturated rings. The van der Waals surface area contributed by atoms with Crippen LogP contribution in [-0.4, -0.2) is 36.0 Å². The van der Waals surface area contributed by atoms with Gasteiger partial charge in [-0.25, -0.2) is 0 Å². The maximum Gasteiger partial charge on any atom is 0.223 e. The monoisotopic (exact) mass is 257 g/mol. The third kappa shape index (κ3) is 3.82. The van der Waals surface area contributed by atoms with E-state index in [-0.39, 0.29) is 11.7 Å². The highest BCUT2D eigenvalue weighted by Gasteiger charge is 2.09. The van der Waals surface area contributed by atoms with Gasteiger partial charge in [-0.15, -0.1) is 11.6 Å². The number of amides is 1. The van der Waals surface area contributed by atoms with Gasteiger partial charge in [0.1, 0.15) is 0 Å². The number of halogens is 1. The number of carbonyl (C=O) groups excluding carboxylic acids is 1. The first-order valence-corrected chi connectivity index (χ1v) is 5.77. The minimum atomic E-state index is -0.0182. The number of carbonyl (C=O) groups is 1. The highest BCUT2D eigenvalue weighted by atomic mass is 35.5.